The summed E-state index contributed by atoms with van der Waals surface area (Å²) in [6.07, 6.45) is 6.66. The molecule has 3 aromatic rings. The number of amides is 1. The standard InChI is InChI=1S/C26H29FN6OS/c1-17-5-8-20(12-22(17)27)29-14-23-24(28)25(32-16-31-23)33-11-3-4-19(15-33)26(34)30-13-18-6-9-21(35-2)10-7-18/h5-10,12,14,16,19H,3-4,11,13,15,28H2,1-2H3,(H,30,34)/t19-/m0/s1. The van der Waals surface area contributed by atoms with Crippen LogP contribution in [-0.4, -0.2) is 41.4 Å². The third-order valence-electron chi connectivity index (χ3n) is 6.10. The maximum Gasteiger partial charge on any atom is 0.225 e. The lowest BCUT2D eigenvalue weighted by Gasteiger charge is -2.33. The number of nitrogens with two attached hydrogens (primary N) is 1. The van der Waals surface area contributed by atoms with Crippen molar-refractivity contribution >= 4 is 41.1 Å². The summed E-state index contributed by atoms with van der Waals surface area (Å²) in [6, 6.07) is 13.0. The minimum absolute atomic E-state index is 0.0273. The number of rotatable bonds is 7. The molecule has 1 aliphatic rings. The smallest absolute Gasteiger partial charge is 0.225 e. The van der Waals surface area contributed by atoms with Gasteiger partial charge in [0.05, 0.1) is 17.8 Å². The number of halogens is 1. The average molecular weight is 493 g/mol. The molecule has 0 radical (unpaired) electrons. The predicted molar refractivity (Wildman–Crippen MR) is 140 cm³/mol. The number of hydrogen-bond donors (Lipinski definition) is 2. The first-order valence-corrected chi connectivity index (χ1v) is 12.7. The first kappa shape index (κ1) is 24.7. The van der Waals surface area contributed by atoms with Gasteiger partial charge in [-0.15, -0.1) is 11.8 Å². The highest BCUT2D eigenvalue weighted by Gasteiger charge is 2.28. The van der Waals surface area contributed by atoms with Crippen LogP contribution in [0.2, 0.25) is 0 Å². The highest BCUT2D eigenvalue weighted by Crippen LogP contribution is 2.27. The molecule has 1 aliphatic heterocycles. The van der Waals surface area contributed by atoms with Crippen LogP contribution in [-0.2, 0) is 11.3 Å². The Morgan fingerprint density at radius 1 is 1.29 bits per heavy atom. The lowest BCUT2D eigenvalue weighted by molar-refractivity contribution is -0.125. The summed E-state index contributed by atoms with van der Waals surface area (Å²) in [7, 11) is 0. The molecule has 0 bridgehead atoms. The number of nitrogens with one attached hydrogen (secondary N) is 1. The van der Waals surface area contributed by atoms with Gasteiger partial charge in [-0.05, 0) is 61.4 Å². The summed E-state index contributed by atoms with van der Waals surface area (Å²) < 4.78 is 13.8. The molecule has 1 atom stereocenters. The second-order valence-electron chi connectivity index (χ2n) is 8.54. The van der Waals surface area contributed by atoms with Crippen molar-refractivity contribution in [1.29, 1.82) is 0 Å². The van der Waals surface area contributed by atoms with Gasteiger partial charge < -0.3 is 16.0 Å². The van der Waals surface area contributed by atoms with Crippen LogP contribution < -0.4 is 16.0 Å². The monoisotopic (exact) mass is 492 g/mol. The first-order valence-electron chi connectivity index (χ1n) is 11.5. The molecule has 1 fully saturated rings. The zero-order valence-corrected chi connectivity index (χ0v) is 20.7. The number of carbonyl (C=O) groups excluding carboxylic acids is 1. The Balaban J connectivity index is 1.41. The highest BCUT2D eigenvalue weighted by atomic mass is 32.2. The molecule has 0 unspecified atom stereocenters. The van der Waals surface area contributed by atoms with Gasteiger partial charge in [-0.2, -0.15) is 0 Å². The Kier molecular flexibility index (Phi) is 7.97. The zero-order chi connectivity index (χ0) is 24.8. The van der Waals surface area contributed by atoms with E-state index in [2.05, 4.69) is 32.4 Å². The Bertz CT molecular complexity index is 1220. The van der Waals surface area contributed by atoms with E-state index in [0.29, 0.717) is 41.5 Å². The second kappa shape index (κ2) is 11.3. The van der Waals surface area contributed by atoms with Gasteiger partial charge in [0.15, 0.2) is 5.82 Å². The van der Waals surface area contributed by atoms with Crippen LogP contribution in [0.25, 0.3) is 0 Å². The maximum absolute atomic E-state index is 13.8. The summed E-state index contributed by atoms with van der Waals surface area (Å²) in [6.45, 7) is 3.48. The molecule has 182 valence electrons. The number of aromatic nitrogens is 2. The van der Waals surface area contributed by atoms with Crippen molar-refractivity contribution in [3.05, 3.63) is 71.4 Å². The van der Waals surface area contributed by atoms with E-state index in [0.717, 1.165) is 24.9 Å². The van der Waals surface area contributed by atoms with E-state index in [-0.39, 0.29) is 17.6 Å². The highest BCUT2D eigenvalue weighted by molar-refractivity contribution is 7.98. The molecular weight excluding hydrogens is 463 g/mol. The molecule has 0 aliphatic carbocycles. The number of nitrogens with zero attached hydrogens (tertiary/aromatic N) is 4. The average Bonchev–Trinajstić information content (AvgIpc) is 2.89. The number of carbonyl (C=O) groups is 1. The molecule has 9 heteroatoms. The molecule has 2 aromatic carbocycles. The summed E-state index contributed by atoms with van der Waals surface area (Å²) in [4.78, 5) is 29.0. The van der Waals surface area contributed by atoms with Gasteiger partial charge in [-0.25, -0.2) is 14.4 Å². The summed E-state index contributed by atoms with van der Waals surface area (Å²) in [5, 5.41) is 3.06. The summed E-state index contributed by atoms with van der Waals surface area (Å²) in [5.74, 6) is 0.142. The number of piperidine rings is 1. The van der Waals surface area contributed by atoms with Gasteiger partial charge in [0.2, 0.25) is 5.91 Å². The Morgan fingerprint density at radius 2 is 2.09 bits per heavy atom. The molecule has 4 rings (SSSR count). The van der Waals surface area contributed by atoms with Gasteiger partial charge in [-0.3, -0.25) is 9.79 Å². The molecule has 2 heterocycles. The SMILES string of the molecule is CSc1ccc(CNC(=O)[C@H]2CCCN(c3ncnc(C=Nc4ccc(C)c(F)c4)c3N)C2)cc1. The number of aryl methyl sites for hydroxylation is 1. The fourth-order valence-corrected chi connectivity index (χ4v) is 4.42. The van der Waals surface area contributed by atoms with Gasteiger partial charge in [-0.1, -0.05) is 18.2 Å². The summed E-state index contributed by atoms with van der Waals surface area (Å²) >= 11 is 1.69. The first-order chi connectivity index (χ1) is 16.9. The second-order valence-corrected chi connectivity index (χ2v) is 9.42. The van der Waals surface area contributed by atoms with Crippen LogP contribution in [0.1, 0.15) is 29.7 Å². The minimum Gasteiger partial charge on any atom is -0.394 e. The van der Waals surface area contributed by atoms with E-state index in [1.807, 2.05) is 23.3 Å². The lowest BCUT2D eigenvalue weighted by Crippen LogP contribution is -2.43. The van der Waals surface area contributed by atoms with Crippen LogP contribution in [0.4, 0.5) is 21.6 Å². The topological polar surface area (TPSA) is 96.5 Å². The quantitative estimate of drug-likeness (QED) is 0.372. The van der Waals surface area contributed by atoms with Crippen molar-refractivity contribution in [1.82, 2.24) is 15.3 Å². The molecule has 3 N–H and O–H groups in total. The number of benzene rings is 2. The Morgan fingerprint density at radius 3 is 2.83 bits per heavy atom. The van der Waals surface area contributed by atoms with E-state index in [9.17, 15) is 9.18 Å². The number of hydrogen-bond acceptors (Lipinski definition) is 7. The van der Waals surface area contributed by atoms with Crippen LogP contribution in [0.3, 0.4) is 0 Å². The number of aliphatic imine (C=N–C) groups is 1. The predicted octanol–water partition coefficient (Wildman–Crippen LogP) is 4.51. The van der Waals surface area contributed by atoms with Crippen molar-refractivity contribution < 1.29 is 9.18 Å². The molecule has 1 aromatic heterocycles. The number of anilines is 2. The number of nitrogen functional groups attached to an aromatic ring is 1. The molecule has 1 amide bonds. The largest absolute Gasteiger partial charge is 0.394 e. The van der Waals surface area contributed by atoms with Gasteiger partial charge in [0.1, 0.15) is 23.5 Å². The molecule has 7 nitrogen and oxygen atoms in total. The fourth-order valence-electron chi connectivity index (χ4n) is 4.01. The van der Waals surface area contributed by atoms with E-state index >= 15 is 0 Å². The number of thioether (sulfide) groups is 1. The molecule has 0 spiro atoms. The van der Waals surface area contributed by atoms with E-state index in [1.165, 1.54) is 23.5 Å². The van der Waals surface area contributed by atoms with Crippen LogP contribution in [0.15, 0.2) is 58.7 Å². The third kappa shape index (κ3) is 6.16. The van der Waals surface area contributed by atoms with Crippen molar-refractivity contribution in [2.45, 2.75) is 31.2 Å². The van der Waals surface area contributed by atoms with Crippen molar-refractivity contribution in [2.75, 3.05) is 30.0 Å². The minimum atomic E-state index is -0.314. The summed E-state index contributed by atoms with van der Waals surface area (Å²) in [5.41, 5.74) is 9.33. The third-order valence-corrected chi connectivity index (χ3v) is 6.85. The van der Waals surface area contributed by atoms with Crippen molar-refractivity contribution in [3.8, 4) is 0 Å². The van der Waals surface area contributed by atoms with Crippen molar-refractivity contribution in [2.24, 2.45) is 10.9 Å². The van der Waals surface area contributed by atoms with Gasteiger partial charge >= 0.3 is 0 Å². The van der Waals surface area contributed by atoms with E-state index in [1.54, 1.807) is 30.8 Å². The molecule has 1 saturated heterocycles. The van der Waals surface area contributed by atoms with Gasteiger partial charge in [0.25, 0.3) is 0 Å². The molecular formula is C26H29FN6OS. The van der Waals surface area contributed by atoms with Gasteiger partial charge in [0, 0.05) is 24.5 Å². The van der Waals surface area contributed by atoms with Crippen LogP contribution in [0, 0.1) is 18.7 Å². The Hall–Kier alpha value is -3.46. The van der Waals surface area contributed by atoms with E-state index in [4.69, 9.17) is 5.73 Å². The Labute approximate surface area is 209 Å². The van der Waals surface area contributed by atoms with Crippen LogP contribution in [0.5, 0.6) is 0 Å². The lowest BCUT2D eigenvalue weighted by atomic mass is 9.97. The zero-order valence-electron chi connectivity index (χ0n) is 19.9. The normalized spacial score (nSPS) is 16.0. The van der Waals surface area contributed by atoms with Crippen LogP contribution >= 0.6 is 11.8 Å². The molecule has 0 saturated carbocycles. The fraction of sp³-hybridized carbons (Fsp3) is 0.308. The van der Waals surface area contributed by atoms with Crippen molar-refractivity contribution in [3.63, 3.8) is 0 Å². The molecule has 35 heavy (non-hydrogen) atoms. The van der Waals surface area contributed by atoms with E-state index < -0.39 is 0 Å². The maximum atomic E-state index is 13.8.